The van der Waals surface area contributed by atoms with Crippen molar-refractivity contribution in [2.24, 2.45) is 11.8 Å². The molecule has 0 unspecified atom stereocenters. The van der Waals surface area contributed by atoms with Crippen molar-refractivity contribution in [1.82, 2.24) is 9.97 Å². The molecule has 210 valence electrons. The molecule has 1 heterocycles. The minimum absolute atomic E-state index is 0.0458. The molecule has 0 saturated carbocycles. The molecule has 0 bridgehead atoms. The molecular weight excluding hydrogens is 544 g/mol. The van der Waals surface area contributed by atoms with E-state index >= 15 is 0 Å². The van der Waals surface area contributed by atoms with Gasteiger partial charge in [-0.1, -0.05) is 67.6 Å². The van der Waals surface area contributed by atoms with Gasteiger partial charge in [0.1, 0.15) is 11.9 Å². The standard InChI is InChI=1S/C34H30N4O3S/c1-21-30-16-15-29-31(25-11-7-9-23(17-25)24-10-8-14-28(18-24)38-42(3,40)41)36-22(2)37-33(29)34(30,19-26(20-35)32(21)39)27-12-5-4-6-13-27/h4-14,17-19,21,30,38H,15-16H2,1-3H3/t21-,30-,34+/m0/s1. The van der Waals surface area contributed by atoms with Gasteiger partial charge in [0.25, 0.3) is 0 Å². The number of carbonyl (C=O) groups is 1. The molecule has 2 aliphatic rings. The summed E-state index contributed by atoms with van der Waals surface area (Å²) >= 11 is 0. The Morgan fingerprint density at radius 2 is 1.64 bits per heavy atom. The molecule has 3 aromatic carbocycles. The lowest BCUT2D eigenvalue weighted by Gasteiger charge is -2.48. The Hall–Kier alpha value is -4.61. The average molecular weight is 575 g/mol. The Labute approximate surface area is 246 Å². The number of aromatic nitrogens is 2. The first kappa shape index (κ1) is 27.6. The maximum absolute atomic E-state index is 13.2. The summed E-state index contributed by atoms with van der Waals surface area (Å²) in [6.07, 6.45) is 4.45. The molecule has 8 heteroatoms. The van der Waals surface area contributed by atoms with Gasteiger partial charge in [0.2, 0.25) is 10.0 Å². The zero-order chi connectivity index (χ0) is 29.6. The summed E-state index contributed by atoms with van der Waals surface area (Å²) < 4.78 is 26.1. The average Bonchev–Trinajstić information content (AvgIpc) is 2.98. The first-order valence-corrected chi connectivity index (χ1v) is 15.8. The first-order chi connectivity index (χ1) is 20.1. The molecule has 7 nitrogen and oxygen atoms in total. The second-order valence-electron chi connectivity index (χ2n) is 11.2. The monoisotopic (exact) mass is 574 g/mol. The van der Waals surface area contributed by atoms with E-state index in [1.807, 2.05) is 74.5 Å². The molecule has 0 fully saturated rings. The summed E-state index contributed by atoms with van der Waals surface area (Å²) in [5.74, 6) is 0.133. The molecule has 1 N–H and O–H groups in total. The van der Waals surface area contributed by atoms with Gasteiger partial charge >= 0.3 is 0 Å². The number of benzene rings is 3. The number of nitrogens with one attached hydrogen (secondary N) is 1. The summed E-state index contributed by atoms with van der Waals surface area (Å²) in [5, 5.41) is 9.98. The van der Waals surface area contributed by atoms with Gasteiger partial charge < -0.3 is 0 Å². The van der Waals surface area contributed by atoms with Crippen LogP contribution in [0.1, 0.15) is 36.0 Å². The van der Waals surface area contributed by atoms with Crippen LogP contribution in [0.4, 0.5) is 5.69 Å². The van der Waals surface area contributed by atoms with Gasteiger partial charge in [-0.25, -0.2) is 18.4 Å². The summed E-state index contributed by atoms with van der Waals surface area (Å²) in [6.45, 7) is 3.81. The van der Waals surface area contributed by atoms with E-state index in [0.717, 1.165) is 51.9 Å². The van der Waals surface area contributed by atoms with Crippen LogP contribution in [0, 0.1) is 30.1 Å². The molecule has 0 saturated heterocycles. The Morgan fingerprint density at radius 1 is 0.952 bits per heavy atom. The number of hydrogen-bond donors (Lipinski definition) is 1. The van der Waals surface area contributed by atoms with Gasteiger partial charge in [0.15, 0.2) is 5.78 Å². The number of sulfonamides is 1. The fraction of sp³-hybridized carbons (Fsp3) is 0.235. The number of nitriles is 1. The molecule has 0 radical (unpaired) electrons. The number of ketones is 1. The van der Waals surface area contributed by atoms with E-state index < -0.39 is 15.4 Å². The van der Waals surface area contributed by atoms with Crippen molar-refractivity contribution in [1.29, 1.82) is 5.26 Å². The first-order valence-electron chi connectivity index (χ1n) is 13.9. The van der Waals surface area contributed by atoms with E-state index in [9.17, 15) is 18.5 Å². The van der Waals surface area contributed by atoms with E-state index in [-0.39, 0.29) is 23.2 Å². The van der Waals surface area contributed by atoms with Crippen LogP contribution in [0.15, 0.2) is 90.5 Å². The van der Waals surface area contributed by atoms with Crippen LogP contribution in [-0.2, 0) is 26.7 Å². The van der Waals surface area contributed by atoms with Crippen molar-refractivity contribution in [2.45, 2.75) is 32.1 Å². The van der Waals surface area contributed by atoms with E-state index in [1.54, 1.807) is 6.07 Å². The van der Waals surface area contributed by atoms with Crippen LogP contribution in [0.3, 0.4) is 0 Å². The van der Waals surface area contributed by atoms with E-state index in [1.165, 1.54) is 0 Å². The van der Waals surface area contributed by atoms with E-state index in [0.29, 0.717) is 17.9 Å². The summed E-state index contributed by atoms with van der Waals surface area (Å²) in [5.41, 5.74) is 6.35. The van der Waals surface area contributed by atoms with Gasteiger partial charge in [0, 0.05) is 22.7 Å². The fourth-order valence-corrected chi connectivity index (χ4v) is 7.28. The SMILES string of the molecule is Cc1nc(-c2cccc(-c3cccc(NS(C)(=O)=O)c3)c2)c2c(n1)[C@@]1(c3ccccc3)C=C(C#N)C(=O)[C@@H](C)[C@@H]1CC2. The topological polar surface area (TPSA) is 113 Å². The van der Waals surface area contributed by atoms with Crippen LogP contribution in [-0.4, -0.2) is 30.4 Å². The third kappa shape index (κ3) is 4.70. The van der Waals surface area contributed by atoms with Crippen LogP contribution >= 0.6 is 0 Å². The lowest BCUT2D eigenvalue weighted by molar-refractivity contribution is -0.121. The highest BCUT2D eigenvalue weighted by Gasteiger charge is 2.53. The molecule has 2 aliphatic carbocycles. The van der Waals surface area contributed by atoms with Crippen LogP contribution in [0.5, 0.6) is 0 Å². The van der Waals surface area contributed by atoms with E-state index in [4.69, 9.17) is 9.97 Å². The smallest absolute Gasteiger partial charge is 0.229 e. The van der Waals surface area contributed by atoms with Crippen molar-refractivity contribution < 1.29 is 13.2 Å². The molecule has 0 aliphatic heterocycles. The molecular formula is C34H30N4O3S. The zero-order valence-corrected chi connectivity index (χ0v) is 24.4. The number of aryl methyl sites for hydroxylation is 1. The van der Waals surface area contributed by atoms with Crippen molar-refractivity contribution in [3.8, 4) is 28.5 Å². The number of allylic oxidation sites excluding steroid dienone is 2. The predicted molar refractivity (Wildman–Crippen MR) is 163 cm³/mol. The zero-order valence-electron chi connectivity index (χ0n) is 23.6. The normalized spacial score (nSPS) is 21.5. The number of fused-ring (bicyclic) bond motifs is 3. The lowest BCUT2D eigenvalue weighted by Crippen LogP contribution is -2.48. The molecule has 3 atom stereocenters. The molecule has 4 aromatic rings. The minimum atomic E-state index is -3.41. The second-order valence-corrected chi connectivity index (χ2v) is 12.9. The Balaban J connectivity index is 1.55. The number of Topliss-reactive ketones (excluding diaryl/α,β-unsaturated/α-hetero) is 1. The second kappa shape index (κ2) is 10.3. The minimum Gasteiger partial charge on any atom is -0.293 e. The van der Waals surface area contributed by atoms with Crippen molar-refractivity contribution in [3.05, 3.63) is 113 Å². The highest BCUT2D eigenvalue weighted by molar-refractivity contribution is 7.92. The lowest BCUT2D eigenvalue weighted by atomic mass is 9.54. The van der Waals surface area contributed by atoms with E-state index in [2.05, 4.69) is 29.0 Å². The van der Waals surface area contributed by atoms with Crippen molar-refractivity contribution >= 4 is 21.5 Å². The molecule has 1 aromatic heterocycles. The Bertz CT molecular complexity index is 1910. The number of carbonyl (C=O) groups excluding carboxylic acids is 1. The van der Waals surface area contributed by atoms with Gasteiger partial charge in [-0.2, -0.15) is 5.26 Å². The molecule has 42 heavy (non-hydrogen) atoms. The van der Waals surface area contributed by atoms with Crippen LogP contribution < -0.4 is 4.72 Å². The van der Waals surface area contributed by atoms with Gasteiger partial charge in [-0.15, -0.1) is 0 Å². The highest BCUT2D eigenvalue weighted by Crippen LogP contribution is 2.54. The summed E-state index contributed by atoms with van der Waals surface area (Å²) in [4.78, 5) is 23.1. The summed E-state index contributed by atoms with van der Waals surface area (Å²) in [7, 11) is -3.41. The quantitative estimate of drug-likeness (QED) is 0.312. The predicted octanol–water partition coefficient (Wildman–Crippen LogP) is 6.01. The van der Waals surface area contributed by atoms with Crippen LogP contribution in [0.2, 0.25) is 0 Å². The Kier molecular flexibility index (Phi) is 6.78. The fourth-order valence-electron chi connectivity index (χ4n) is 6.72. The number of rotatable bonds is 5. The van der Waals surface area contributed by atoms with Crippen molar-refractivity contribution in [2.75, 3.05) is 11.0 Å². The number of nitrogens with zero attached hydrogens (tertiary/aromatic N) is 3. The maximum atomic E-state index is 13.2. The van der Waals surface area contributed by atoms with Gasteiger partial charge in [-0.3, -0.25) is 9.52 Å². The third-order valence-electron chi connectivity index (χ3n) is 8.46. The Morgan fingerprint density at radius 3 is 2.36 bits per heavy atom. The largest absolute Gasteiger partial charge is 0.293 e. The molecule has 0 spiro atoms. The number of anilines is 1. The van der Waals surface area contributed by atoms with Gasteiger partial charge in [0.05, 0.1) is 28.6 Å². The molecule has 0 amide bonds. The van der Waals surface area contributed by atoms with Gasteiger partial charge in [-0.05, 0) is 66.6 Å². The summed E-state index contributed by atoms with van der Waals surface area (Å²) in [6, 6.07) is 27.6. The molecule has 6 rings (SSSR count). The van der Waals surface area contributed by atoms with Crippen molar-refractivity contribution in [3.63, 3.8) is 0 Å². The third-order valence-corrected chi connectivity index (χ3v) is 9.07. The highest BCUT2D eigenvalue weighted by atomic mass is 32.2. The number of hydrogen-bond acceptors (Lipinski definition) is 6. The van der Waals surface area contributed by atoms with Crippen LogP contribution in [0.25, 0.3) is 22.4 Å². The maximum Gasteiger partial charge on any atom is 0.229 e.